The van der Waals surface area contributed by atoms with Gasteiger partial charge in [-0.05, 0) is 65.7 Å². The van der Waals surface area contributed by atoms with E-state index in [4.69, 9.17) is 23.8 Å². The van der Waals surface area contributed by atoms with Crippen LogP contribution in [0.4, 0.5) is 0 Å². The van der Waals surface area contributed by atoms with Crippen LogP contribution in [0.1, 0.15) is 0 Å². The second-order valence-corrected chi connectivity index (χ2v) is 14.4. The fraction of sp³-hybridized carbons (Fsp3) is 0. The van der Waals surface area contributed by atoms with Crippen molar-refractivity contribution in [3.63, 3.8) is 0 Å². The predicted molar refractivity (Wildman–Crippen MR) is 230 cm³/mol. The summed E-state index contributed by atoms with van der Waals surface area (Å²) in [4.78, 5) is 15.5. The normalized spacial score (nSPS) is 11.9. The maximum Gasteiger partial charge on any atom is 0.164 e. The van der Waals surface area contributed by atoms with Gasteiger partial charge in [0.1, 0.15) is 22.3 Å². The van der Waals surface area contributed by atoms with E-state index in [1.807, 2.05) is 42.5 Å². The summed E-state index contributed by atoms with van der Waals surface area (Å²) in [7, 11) is 0. The third kappa shape index (κ3) is 5.01. The summed E-state index contributed by atoms with van der Waals surface area (Å²) < 4.78 is 15.3. The lowest BCUT2D eigenvalue weighted by Crippen LogP contribution is -2.00. The van der Waals surface area contributed by atoms with Crippen molar-refractivity contribution in [2.75, 3.05) is 0 Å². The van der Waals surface area contributed by atoms with Crippen molar-refractivity contribution in [2.24, 2.45) is 0 Å². The van der Waals surface area contributed by atoms with Crippen LogP contribution >= 0.6 is 0 Å². The molecule has 4 heterocycles. The molecular formula is C51H30N4O2. The van der Waals surface area contributed by atoms with Crippen molar-refractivity contribution in [3.05, 3.63) is 182 Å². The molecule has 57 heavy (non-hydrogen) atoms. The first-order valence-electron chi connectivity index (χ1n) is 19.0. The smallest absolute Gasteiger partial charge is 0.164 e. The van der Waals surface area contributed by atoms with Gasteiger partial charge in [0, 0.05) is 54.7 Å². The molecule has 6 nitrogen and oxygen atoms in total. The number of para-hydroxylation sites is 3. The molecule has 8 aromatic carbocycles. The molecule has 0 saturated heterocycles. The van der Waals surface area contributed by atoms with Crippen molar-refractivity contribution in [2.45, 2.75) is 0 Å². The average Bonchev–Trinajstić information content (AvgIpc) is 3.95. The quantitative estimate of drug-likeness (QED) is 0.176. The van der Waals surface area contributed by atoms with E-state index in [0.29, 0.717) is 17.5 Å². The third-order valence-corrected chi connectivity index (χ3v) is 11.1. The van der Waals surface area contributed by atoms with Crippen LogP contribution in [0.2, 0.25) is 0 Å². The number of nitrogens with zero attached hydrogens (tertiary/aromatic N) is 4. The lowest BCUT2D eigenvalue weighted by molar-refractivity contribution is 0.669. The molecule has 4 aromatic heterocycles. The van der Waals surface area contributed by atoms with Crippen molar-refractivity contribution in [1.29, 1.82) is 0 Å². The van der Waals surface area contributed by atoms with E-state index in [0.717, 1.165) is 93.8 Å². The van der Waals surface area contributed by atoms with Gasteiger partial charge in [-0.1, -0.05) is 127 Å². The summed E-state index contributed by atoms with van der Waals surface area (Å²) in [6.45, 7) is 0. The van der Waals surface area contributed by atoms with Crippen molar-refractivity contribution >= 4 is 65.7 Å². The van der Waals surface area contributed by atoms with Crippen LogP contribution in [0.5, 0.6) is 0 Å². The van der Waals surface area contributed by atoms with E-state index < -0.39 is 0 Å². The molecule has 0 radical (unpaired) electrons. The van der Waals surface area contributed by atoms with Gasteiger partial charge in [0.2, 0.25) is 0 Å². The maximum absolute atomic E-state index is 6.66. The fourth-order valence-electron chi connectivity index (χ4n) is 8.39. The minimum absolute atomic E-state index is 0.556. The standard InChI is InChI=1S/C51H30N4O2/c1-3-12-31(13-4-1)32-22-24-33(25-23-32)49-52-50(34-26-27-38-37-17-8-10-20-44(37)56-46(38)28-34)54-51(53-49)39-18-11-21-45-48(39)41-29-43-40(30-47(41)57-45)36-16-7-9-19-42(36)55(43)35-14-5-2-6-15-35/h1-30H. The molecule has 0 spiro atoms. The number of furan rings is 2. The molecule has 0 saturated carbocycles. The van der Waals surface area contributed by atoms with E-state index in [2.05, 4.69) is 144 Å². The average molecular weight is 731 g/mol. The van der Waals surface area contributed by atoms with Crippen LogP contribution in [0.25, 0.3) is 117 Å². The molecule has 0 unspecified atom stereocenters. The number of hydrogen-bond acceptors (Lipinski definition) is 5. The number of hydrogen-bond donors (Lipinski definition) is 0. The van der Waals surface area contributed by atoms with Gasteiger partial charge in [-0.15, -0.1) is 0 Å². The Morgan fingerprint density at radius 2 is 0.930 bits per heavy atom. The Hall–Kier alpha value is -7.83. The van der Waals surface area contributed by atoms with Crippen molar-refractivity contribution < 1.29 is 8.83 Å². The molecule has 0 bridgehead atoms. The largest absolute Gasteiger partial charge is 0.456 e. The number of fused-ring (bicyclic) bond motifs is 9. The second-order valence-electron chi connectivity index (χ2n) is 14.4. The molecule has 12 aromatic rings. The Bertz CT molecular complexity index is 3510. The highest BCUT2D eigenvalue weighted by atomic mass is 16.3. The highest BCUT2D eigenvalue weighted by Gasteiger charge is 2.21. The molecule has 12 rings (SSSR count). The summed E-state index contributed by atoms with van der Waals surface area (Å²) in [5, 5.41) is 6.38. The molecular weight excluding hydrogens is 701 g/mol. The molecule has 0 fully saturated rings. The first-order valence-corrected chi connectivity index (χ1v) is 19.0. The van der Waals surface area contributed by atoms with E-state index in [-0.39, 0.29) is 0 Å². The van der Waals surface area contributed by atoms with Crippen molar-refractivity contribution in [3.8, 4) is 51.0 Å². The van der Waals surface area contributed by atoms with Crippen LogP contribution in [0.15, 0.2) is 191 Å². The monoisotopic (exact) mass is 730 g/mol. The van der Waals surface area contributed by atoms with Gasteiger partial charge in [0.05, 0.1) is 11.0 Å². The predicted octanol–water partition coefficient (Wildman–Crippen LogP) is 13.4. The van der Waals surface area contributed by atoms with E-state index >= 15 is 0 Å². The molecule has 0 aliphatic rings. The molecule has 0 aliphatic heterocycles. The van der Waals surface area contributed by atoms with Crippen LogP contribution in [0, 0.1) is 0 Å². The minimum atomic E-state index is 0.556. The Kier molecular flexibility index (Phi) is 6.83. The van der Waals surface area contributed by atoms with Gasteiger partial charge in [0.25, 0.3) is 0 Å². The van der Waals surface area contributed by atoms with E-state index in [1.54, 1.807) is 0 Å². The third-order valence-electron chi connectivity index (χ3n) is 11.1. The van der Waals surface area contributed by atoms with Gasteiger partial charge >= 0.3 is 0 Å². The van der Waals surface area contributed by atoms with Crippen LogP contribution < -0.4 is 0 Å². The number of aromatic nitrogens is 4. The molecule has 0 aliphatic carbocycles. The van der Waals surface area contributed by atoms with Crippen LogP contribution in [0.3, 0.4) is 0 Å². The minimum Gasteiger partial charge on any atom is -0.456 e. The molecule has 0 atom stereocenters. The Balaban J connectivity index is 1.09. The summed E-state index contributed by atoms with van der Waals surface area (Å²) in [6, 6.07) is 62.7. The lowest BCUT2D eigenvalue weighted by Gasteiger charge is -2.10. The summed E-state index contributed by atoms with van der Waals surface area (Å²) in [5.41, 5.74) is 11.4. The topological polar surface area (TPSA) is 69.9 Å². The van der Waals surface area contributed by atoms with Gasteiger partial charge in [0.15, 0.2) is 17.5 Å². The fourth-order valence-corrected chi connectivity index (χ4v) is 8.39. The Morgan fingerprint density at radius 3 is 1.77 bits per heavy atom. The summed E-state index contributed by atoms with van der Waals surface area (Å²) in [6.07, 6.45) is 0. The zero-order valence-corrected chi connectivity index (χ0v) is 30.4. The van der Waals surface area contributed by atoms with Crippen molar-refractivity contribution in [1.82, 2.24) is 19.5 Å². The van der Waals surface area contributed by atoms with Crippen LogP contribution in [-0.4, -0.2) is 19.5 Å². The second kappa shape index (κ2) is 12.3. The lowest BCUT2D eigenvalue weighted by atomic mass is 10.0. The maximum atomic E-state index is 6.66. The highest BCUT2D eigenvalue weighted by Crippen LogP contribution is 2.42. The van der Waals surface area contributed by atoms with Gasteiger partial charge in [-0.3, -0.25) is 0 Å². The van der Waals surface area contributed by atoms with Crippen LogP contribution in [-0.2, 0) is 0 Å². The van der Waals surface area contributed by atoms with Gasteiger partial charge < -0.3 is 13.4 Å². The molecule has 266 valence electrons. The Labute approximate surface area is 325 Å². The first kappa shape index (κ1) is 31.5. The Morgan fingerprint density at radius 1 is 0.333 bits per heavy atom. The zero-order chi connectivity index (χ0) is 37.5. The summed E-state index contributed by atoms with van der Waals surface area (Å²) >= 11 is 0. The van der Waals surface area contributed by atoms with E-state index in [9.17, 15) is 0 Å². The number of rotatable bonds is 5. The highest BCUT2D eigenvalue weighted by molar-refractivity contribution is 6.19. The van der Waals surface area contributed by atoms with Gasteiger partial charge in [-0.2, -0.15) is 0 Å². The first-order chi connectivity index (χ1) is 28.2. The zero-order valence-electron chi connectivity index (χ0n) is 30.4. The molecule has 0 N–H and O–H groups in total. The SMILES string of the molecule is c1ccc(-c2ccc(-c3nc(-c4ccc5c(c4)oc4ccccc45)nc(-c4cccc5oc6cc7c8ccccc8n(-c8ccccc8)c7cc6c45)n3)cc2)cc1. The van der Waals surface area contributed by atoms with Gasteiger partial charge in [-0.25, -0.2) is 15.0 Å². The molecule has 6 heteroatoms. The molecule has 0 amide bonds. The summed E-state index contributed by atoms with van der Waals surface area (Å²) in [5.74, 6) is 1.69. The number of benzene rings is 8. The van der Waals surface area contributed by atoms with E-state index in [1.165, 1.54) is 5.39 Å².